The molecule has 0 radical (unpaired) electrons. The van der Waals surface area contributed by atoms with Crippen LogP contribution in [-0.4, -0.2) is 38.4 Å². The van der Waals surface area contributed by atoms with E-state index < -0.39 is 34.6 Å². The van der Waals surface area contributed by atoms with Crippen molar-refractivity contribution in [2.45, 2.75) is 12.5 Å². The number of thiocarbonyl (C=S) groups is 1. The molecule has 14 heavy (non-hydrogen) atoms. The van der Waals surface area contributed by atoms with Crippen LogP contribution >= 0.6 is 24.8 Å². The number of hydrogen-bond acceptors (Lipinski definition) is 5. The van der Waals surface area contributed by atoms with Gasteiger partial charge in [0.1, 0.15) is 6.42 Å². The summed E-state index contributed by atoms with van der Waals surface area (Å²) in [5, 5.41) is 15.1. The van der Waals surface area contributed by atoms with Gasteiger partial charge < -0.3 is 14.9 Å². The number of thiol groups is 1. The minimum Gasteiger partial charge on any atom is -0.481 e. The number of rotatable bonds is 5. The second-order valence-electron chi connectivity index (χ2n) is 2.12. The maximum Gasteiger partial charge on any atom is 0.353 e. The van der Waals surface area contributed by atoms with Gasteiger partial charge in [-0.3, -0.25) is 9.59 Å². The summed E-state index contributed by atoms with van der Waals surface area (Å²) in [5.41, 5.74) is 0. The molecule has 8 heteroatoms. The second kappa shape index (κ2) is 5.55. The third-order valence-corrected chi connectivity index (χ3v) is 1.47. The lowest BCUT2D eigenvalue weighted by molar-refractivity contribution is -0.149. The Hall–Kier alpha value is -1.15. The van der Waals surface area contributed by atoms with E-state index in [1.165, 1.54) is 0 Å². The Bertz CT molecular complexity index is 272. The molecule has 0 bridgehead atoms. The predicted molar refractivity (Wildman–Crippen MR) is 51.4 cm³/mol. The molecule has 0 spiro atoms. The van der Waals surface area contributed by atoms with E-state index in [1.807, 2.05) is 0 Å². The summed E-state index contributed by atoms with van der Waals surface area (Å²) in [4.78, 5) is 31.0. The zero-order valence-electron chi connectivity index (χ0n) is 6.67. The molecular weight excluding hydrogens is 232 g/mol. The molecule has 0 aliphatic rings. The Labute approximate surface area is 89.3 Å². The molecule has 1 unspecified atom stereocenters. The Balaban J connectivity index is 4.31. The first kappa shape index (κ1) is 12.8. The van der Waals surface area contributed by atoms with Crippen LogP contribution in [-0.2, 0) is 19.1 Å². The first-order chi connectivity index (χ1) is 6.34. The third kappa shape index (κ3) is 4.77. The second-order valence-corrected chi connectivity index (χ2v) is 3.01. The number of carboxylic acid groups (broad SMARTS) is 2. The zero-order valence-corrected chi connectivity index (χ0v) is 8.38. The van der Waals surface area contributed by atoms with Gasteiger partial charge in [-0.05, 0) is 12.2 Å². The van der Waals surface area contributed by atoms with Gasteiger partial charge in [0.2, 0.25) is 5.12 Å². The van der Waals surface area contributed by atoms with Gasteiger partial charge in [0, 0.05) is 0 Å². The molecule has 0 aromatic rings. The number of hydrogen-bond donors (Lipinski definition) is 3. The van der Waals surface area contributed by atoms with Crippen LogP contribution in [0.2, 0.25) is 0 Å². The van der Waals surface area contributed by atoms with Gasteiger partial charge in [-0.15, -0.1) is 12.6 Å². The van der Waals surface area contributed by atoms with E-state index in [2.05, 4.69) is 29.6 Å². The number of carbonyl (C=O) groups is 3. The lowest BCUT2D eigenvalue weighted by atomic mass is 10.4. The minimum absolute atomic E-state index is 0.479. The average molecular weight is 238 g/mol. The Kier molecular flexibility index (Phi) is 5.10. The van der Waals surface area contributed by atoms with Crippen LogP contribution in [0.3, 0.4) is 0 Å². The van der Waals surface area contributed by atoms with Crippen molar-refractivity contribution in [1.82, 2.24) is 0 Å². The molecule has 0 saturated heterocycles. The first-order valence-corrected chi connectivity index (χ1v) is 4.07. The van der Waals surface area contributed by atoms with E-state index in [0.29, 0.717) is 0 Å². The van der Waals surface area contributed by atoms with Crippen molar-refractivity contribution in [3.8, 4) is 0 Å². The van der Waals surface area contributed by atoms with Gasteiger partial charge in [-0.2, -0.15) is 0 Å². The molecule has 0 rings (SSSR count). The van der Waals surface area contributed by atoms with Crippen molar-refractivity contribution in [1.29, 1.82) is 0 Å². The number of ether oxygens (including phenoxy) is 1. The molecule has 0 fully saturated rings. The average Bonchev–Trinajstić information content (AvgIpc) is 1.97. The predicted octanol–water partition coefficient (Wildman–Crippen LogP) is -0.285. The number of carboxylic acids is 2. The molecule has 0 aliphatic heterocycles. The molecule has 0 aliphatic carbocycles. The summed E-state index contributed by atoms with van der Waals surface area (Å²) >= 11 is 7.64. The van der Waals surface area contributed by atoms with Crippen molar-refractivity contribution in [3.05, 3.63) is 0 Å². The highest BCUT2D eigenvalue weighted by Gasteiger charge is 2.27. The monoisotopic (exact) mass is 238 g/mol. The van der Waals surface area contributed by atoms with E-state index in [4.69, 9.17) is 10.2 Å². The standard InChI is InChI=1S/C6H6O6S2/c7-2(8)1-3(13)12-4(5(9)10)6(11)14/h4H,1H2,(H,7,8)(H,9,10)(H,11,14). The largest absolute Gasteiger partial charge is 0.481 e. The summed E-state index contributed by atoms with van der Waals surface area (Å²) in [5.74, 6) is -2.84. The number of carbonyl (C=O) groups excluding carboxylic acids is 1. The fourth-order valence-corrected chi connectivity index (χ4v) is 0.886. The van der Waals surface area contributed by atoms with Crippen LogP contribution in [0.1, 0.15) is 6.42 Å². The molecule has 0 saturated carbocycles. The Morgan fingerprint density at radius 3 is 2.14 bits per heavy atom. The van der Waals surface area contributed by atoms with Gasteiger partial charge >= 0.3 is 11.9 Å². The topological polar surface area (TPSA) is 101 Å². The van der Waals surface area contributed by atoms with E-state index in [1.54, 1.807) is 0 Å². The van der Waals surface area contributed by atoms with Gasteiger partial charge in [-0.1, -0.05) is 0 Å². The highest BCUT2D eigenvalue weighted by atomic mass is 32.1. The van der Waals surface area contributed by atoms with Crippen molar-refractivity contribution in [2.75, 3.05) is 0 Å². The highest BCUT2D eigenvalue weighted by molar-refractivity contribution is 7.96. The highest BCUT2D eigenvalue weighted by Crippen LogP contribution is 2.02. The smallest absolute Gasteiger partial charge is 0.353 e. The summed E-state index contributed by atoms with van der Waals surface area (Å²) in [6.07, 6.45) is -2.50. The zero-order chi connectivity index (χ0) is 11.3. The molecule has 0 heterocycles. The normalized spacial score (nSPS) is 11.5. The van der Waals surface area contributed by atoms with Crippen LogP contribution in [0.15, 0.2) is 0 Å². The van der Waals surface area contributed by atoms with Crippen LogP contribution in [0.25, 0.3) is 0 Å². The SMILES string of the molecule is O=C(O)CC(=S)OC(C(=O)O)C(=O)S. The fourth-order valence-electron chi connectivity index (χ4n) is 0.503. The quantitative estimate of drug-likeness (QED) is 0.344. The molecule has 1 atom stereocenters. The molecule has 78 valence electrons. The van der Waals surface area contributed by atoms with Crippen LogP contribution in [0.4, 0.5) is 0 Å². The van der Waals surface area contributed by atoms with Crippen molar-refractivity contribution >= 4 is 47.0 Å². The van der Waals surface area contributed by atoms with Crippen molar-refractivity contribution < 1.29 is 29.3 Å². The first-order valence-electron chi connectivity index (χ1n) is 3.21. The maximum absolute atomic E-state index is 10.6. The van der Waals surface area contributed by atoms with E-state index >= 15 is 0 Å². The fraction of sp³-hybridized carbons (Fsp3) is 0.333. The summed E-state index contributed by atoms with van der Waals surface area (Å²) in [6, 6.07) is 0. The molecule has 2 N–H and O–H groups in total. The summed E-state index contributed by atoms with van der Waals surface area (Å²) in [7, 11) is 0. The van der Waals surface area contributed by atoms with Crippen LogP contribution < -0.4 is 0 Å². The van der Waals surface area contributed by atoms with Crippen LogP contribution in [0.5, 0.6) is 0 Å². The molecular formula is C6H6O6S2. The van der Waals surface area contributed by atoms with E-state index in [-0.39, 0.29) is 0 Å². The lowest BCUT2D eigenvalue weighted by Crippen LogP contribution is -2.32. The van der Waals surface area contributed by atoms with Gasteiger partial charge in [0.05, 0.1) is 0 Å². The minimum atomic E-state index is -1.86. The van der Waals surface area contributed by atoms with Gasteiger partial charge in [0.15, 0.2) is 5.05 Å². The maximum atomic E-state index is 10.6. The van der Waals surface area contributed by atoms with Crippen molar-refractivity contribution in [3.63, 3.8) is 0 Å². The molecule has 0 aromatic carbocycles. The lowest BCUT2D eigenvalue weighted by Gasteiger charge is -2.10. The van der Waals surface area contributed by atoms with Crippen molar-refractivity contribution in [2.24, 2.45) is 0 Å². The summed E-state index contributed by atoms with van der Waals surface area (Å²) < 4.78 is 4.41. The van der Waals surface area contributed by atoms with Gasteiger partial charge in [0.25, 0.3) is 6.10 Å². The van der Waals surface area contributed by atoms with E-state index in [9.17, 15) is 14.4 Å². The molecule has 0 amide bonds. The Morgan fingerprint density at radius 1 is 1.36 bits per heavy atom. The Morgan fingerprint density at radius 2 is 1.86 bits per heavy atom. The number of aliphatic carboxylic acids is 2. The summed E-state index contributed by atoms with van der Waals surface area (Å²) in [6.45, 7) is 0. The van der Waals surface area contributed by atoms with Crippen LogP contribution in [0, 0.1) is 0 Å². The van der Waals surface area contributed by atoms with Gasteiger partial charge in [-0.25, -0.2) is 4.79 Å². The third-order valence-electron chi connectivity index (χ3n) is 0.993. The molecule has 6 nitrogen and oxygen atoms in total. The van der Waals surface area contributed by atoms with E-state index in [0.717, 1.165) is 0 Å². The molecule has 0 aromatic heterocycles.